The van der Waals surface area contributed by atoms with E-state index in [-0.39, 0.29) is 0 Å². The Kier molecular flexibility index (Phi) is 4.10. The number of thiophene rings is 1. The lowest BCUT2D eigenvalue weighted by Crippen LogP contribution is -2.19. The van der Waals surface area contributed by atoms with Crippen molar-refractivity contribution in [1.29, 1.82) is 0 Å². The van der Waals surface area contributed by atoms with Crippen molar-refractivity contribution in [2.75, 3.05) is 7.11 Å². The fraction of sp³-hybridized carbons (Fsp3) is 0.545. The number of carbonyl (C=O) groups is 1. The third-order valence-corrected chi connectivity index (χ3v) is 4.99. The molecule has 0 N–H and O–H groups in total. The second-order valence-electron chi connectivity index (χ2n) is 4.84. The number of methoxy groups -OCH3 is 1. The monoisotopic (exact) mass is 242 g/mol. The molecule has 0 saturated heterocycles. The highest BCUT2D eigenvalue weighted by atomic mass is 32.1. The topological polar surface area (TPSA) is 26.3 Å². The van der Waals surface area contributed by atoms with E-state index in [1.54, 1.807) is 7.11 Å². The van der Waals surface area contributed by atoms with Gasteiger partial charge >= 0.3 is 0 Å². The molecule has 0 aliphatic carbocycles. The molecule has 0 amide bonds. The summed E-state index contributed by atoms with van der Waals surface area (Å²) in [5, 5.41) is 2.04. The van der Waals surface area contributed by atoms with Crippen molar-refractivity contribution < 1.29 is 9.53 Å². The van der Waals surface area contributed by atoms with E-state index in [0.717, 1.165) is 18.5 Å². The number of ether oxygens (including phenoxy) is 1. The standard InChI is InChI=1S/C11H18O2SSi/c1-13-11-9(5-6-15(2,3)4)8-14-10(11)7-12/h7-8H,5-6H2,1-4H3. The van der Waals surface area contributed by atoms with Gasteiger partial charge in [-0.2, -0.15) is 0 Å². The van der Waals surface area contributed by atoms with Crippen molar-refractivity contribution in [3.8, 4) is 5.75 Å². The summed E-state index contributed by atoms with van der Waals surface area (Å²) in [5.74, 6) is 0.785. The van der Waals surface area contributed by atoms with Crippen LogP contribution < -0.4 is 4.74 Å². The third kappa shape index (κ3) is 3.46. The molecular formula is C11H18O2SSi. The molecule has 0 spiro atoms. The molecule has 0 aromatic carbocycles. The lowest BCUT2D eigenvalue weighted by atomic mass is 10.2. The molecule has 4 heteroatoms. The molecule has 15 heavy (non-hydrogen) atoms. The van der Waals surface area contributed by atoms with Gasteiger partial charge in [0.2, 0.25) is 0 Å². The van der Waals surface area contributed by atoms with Crippen molar-refractivity contribution in [2.24, 2.45) is 0 Å². The molecule has 1 heterocycles. The molecule has 1 aromatic heterocycles. The summed E-state index contributed by atoms with van der Waals surface area (Å²) in [6.45, 7) is 7.06. The van der Waals surface area contributed by atoms with E-state index in [2.05, 4.69) is 19.6 Å². The molecule has 0 unspecified atom stereocenters. The van der Waals surface area contributed by atoms with Gasteiger partial charge in [0, 0.05) is 13.6 Å². The molecule has 0 bridgehead atoms. The molecule has 0 fully saturated rings. The first-order valence-electron chi connectivity index (χ1n) is 5.07. The predicted molar refractivity (Wildman–Crippen MR) is 68.1 cm³/mol. The van der Waals surface area contributed by atoms with Crippen LogP contribution in [0.25, 0.3) is 0 Å². The zero-order chi connectivity index (χ0) is 11.5. The Morgan fingerprint density at radius 2 is 2.13 bits per heavy atom. The normalized spacial score (nSPS) is 11.5. The first-order chi connectivity index (χ1) is 6.98. The molecule has 0 atom stereocenters. The molecule has 0 radical (unpaired) electrons. The fourth-order valence-corrected chi connectivity index (χ4v) is 3.29. The summed E-state index contributed by atoms with van der Waals surface area (Å²) in [4.78, 5) is 11.5. The molecule has 84 valence electrons. The number of rotatable bonds is 5. The van der Waals surface area contributed by atoms with Gasteiger partial charge in [-0.05, 0) is 11.8 Å². The number of carbonyl (C=O) groups excluding carboxylic acids is 1. The van der Waals surface area contributed by atoms with Crippen LogP contribution >= 0.6 is 11.3 Å². The molecule has 0 aliphatic heterocycles. The summed E-state index contributed by atoms with van der Waals surface area (Å²) in [6, 6.07) is 1.23. The van der Waals surface area contributed by atoms with E-state index < -0.39 is 8.07 Å². The number of hydrogen-bond donors (Lipinski definition) is 0. The van der Waals surface area contributed by atoms with Crippen LogP contribution in [-0.2, 0) is 6.42 Å². The lowest BCUT2D eigenvalue weighted by molar-refractivity contribution is 0.112. The van der Waals surface area contributed by atoms with E-state index in [9.17, 15) is 4.79 Å². The average molecular weight is 242 g/mol. The fourth-order valence-electron chi connectivity index (χ4n) is 1.40. The summed E-state index contributed by atoms with van der Waals surface area (Å²) < 4.78 is 5.27. The summed E-state index contributed by atoms with van der Waals surface area (Å²) in [7, 11) is 0.616. The Morgan fingerprint density at radius 1 is 1.47 bits per heavy atom. The highest BCUT2D eigenvalue weighted by molar-refractivity contribution is 7.12. The first-order valence-corrected chi connectivity index (χ1v) is 9.66. The van der Waals surface area contributed by atoms with Crippen LogP contribution in [0.3, 0.4) is 0 Å². The van der Waals surface area contributed by atoms with Crippen molar-refractivity contribution >= 4 is 25.7 Å². The molecule has 0 aliphatic rings. The van der Waals surface area contributed by atoms with Crippen molar-refractivity contribution in [1.82, 2.24) is 0 Å². The lowest BCUT2D eigenvalue weighted by Gasteiger charge is -2.15. The number of hydrogen-bond acceptors (Lipinski definition) is 3. The largest absolute Gasteiger partial charge is 0.495 e. The number of aryl methyl sites for hydroxylation is 1. The van der Waals surface area contributed by atoms with Gasteiger partial charge in [0.05, 0.1) is 7.11 Å². The van der Waals surface area contributed by atoms with Crippen LogP contribution in [-0.4, -0.2) is 21.5 Å². The Morgan fingerprint density at radius 3 is 2.60 bits per heavy atom. The maximum absolute atomic E-state index is 10.7. The van der Waals surface area contributed by atoms with E-state index >= 15 is 0 Å². The smallest absolute Gasteiger partial charge is 0.163 e. The second kappa shape index (κ2) is 4.94. The van der Waals surface area contributed by atoms with Crippen LogP contribution in [0.1, 0.15) is 15.2 Å². The summed E-state index contributed by atoms with van der Waals surface area (Å²) >= 11 is 1.47. The van der Waals surface area contributed by atoms with Gasteiger partial charge in [-0.1, -0.05) is 25.7 Å². The van der Waals surface area contributed by atoms with Gasteiger partial charge < -0.3 is 4.74 Å². The van der Waals surface area contributed by atoms with Crippen LogP contribution in [0.2, 0.25) is 25.7 Å². The summed E-state index contributed by atoms with van der Waals surface area (Å²) in [5.41, 5.74) is 1.19. The Balaban J connectivity index is 2.77. The Bertz CT molecular complexity index is 339. The quantitative estimate of drug-likeness (QED) is 0.584. The second-order valence-corrected chi connectivity index (χ2v) is 11.4. The maximum Gasteiger partial charge on any atom is 0.163 e. The van der Waals surface area contributed by atoms with Gasteiger partial charge in [-0.25, -0.2) is 0 Å². The van der Waals surface area contributed by atoms with Crippen molar-refractivity contribution in [2.45, 2.75) is 32.1 Å². The van der Waals surface area contributed by atoms with Crippen LogP contribution in [0.15, 0.2) is 5.38 Å². The minimum atomic E-state index is -1.02. The molecule has 1 aromatic rings. The van der Waals surface area contributed by atoms with Crippen LogP contribution in [0.5, 0.6) is 5.75 Å². The zero-order valence-electron chi connectivity index (χ0n) is 9.79. The Labute approximate surface area is 96.3 Å². The average Bonchev–Trinajstić information content (AvgIpc) is 2.55. The van der Waals surface area contributed by atoms with Crippen molar-refractivity contribution in [3.05, 3.63) is 15.8 Å². The number of aldehydes is 1. The van der Waals surface area contributed by atoms with Crippen molar-refractivity contribution in [3.63, 3.8) is 0 Å². The molecule has 0 saturated carbocycles. The van der Waals surface area contributed by atoms with Gasteiger partial charge in [0.25, 0.3) is 0 Å². The van der Waals surface area contributed by atoms with E-state index in [1.165, 1.54) is 22.9 Å². The third-order valence-electron chi connectivity index (χ3n) is 2.30. The highest BCUT2D eigenvalue weighted by Crippen LogP contribution is 2.31. The Hall–Kier alpha value is -0.613. The van der Waals surface area contributed by atoms with Gasteiger partial charge in [0.15, 0.2) is 6.29 Å². The summed E-state index contributed by atoms with van der Waals surface area (Å²) in [6.07, 6.45) is 1.91. The van der Waals surface area contributed by atoms with Gasteiger partial charge in [-0.3, -0.25) is 4.79 Å². The minimum Gasteiger partial charge on any atom is -0.495 e. The van der Waals surface area contributed by atoms with E-state index in [4.69, 9.17) is 4.74 Å². The zero-order valence-corrected chi connectivity index (χ0v) is 11.6. The van der Waals surface area contributed by atoms with E-state index in [1.807, 2.05) is 5.38 Å². The first kappa shape index (κ1) is 12.5. The predicted octanol–water partition coefficient (Wildman–Crippen LogP) is 3.45. The SMILES string of the molecule is COc1c(CC[Si](C)(C)C)csc1C=O. The van der Waals surface area contributed by atoms with Crippen LogP contribution in [0, 0.1) is 0 Å². The molecule has 1 rings (SSSR count). The van der Waals surface area contributed by atoms with Crippen LogP contribution in [0.4, 0.5) is 0 Å². The minimum absolute atomic E-state index is 0.711. The highest BCUT2D eigenvalue weighted by Gasteiger charge is 2.16. The van der Waals surface area contributed by atoms with E-state index in [0.29, 0.717) is 4.88 Å². The molecular weight excluding hydrogens is 224 g/mol. The maximum atomic E-state index is 10.7. The van der Waals surface area contributed by atoms with Gasteiger partial charge in [0.1, 0.15) is 10.6 Å². The van der Waals surface area contributed by atoms with Gasteiger partial charge in [-0.15, -0.1) is 11.3 Å². The molecule has 2 nitrogen and oxygen atoms in total.